The van der Waals surface area contributed by atoms with Gasteiger partial charge in [0.05, 0.1) is 18.2 Å². The number of pyridine rings is 1. The first-order chi connectivity index (χ1) is 17.1. The number of fused-ring (bicyclic) bond motifs is 1. The van der Waals surface area contributed by atoms with Crippen molar-refractivity contribution in [3.8, 4) is 0 Å². The molecule has 1 N–H and O–H groups in total. The molecule has 0 bridgehead atoms. The van der Waals surface area contributed by atoms with Gasteiger partial charge in [0.2, 0.25) is 0 Å². The molecule has 2 atom stereocenters. The van der Waals surface area contributed by atoms with Gasteiger partial charge in [-0.2, -0.15) is 0 Å². The summed E-state index contributed by atoms with van der Waals surface area (Å²) in [6.07, 6.45) is 10.3. The topological polar surface area (TPSA) is 88.9 Å². The molecule has 1 saturated carbocycles. The first-order valence-corrected chi connectivity index (χ1v) is 13.4. The van der Waals surface area contributed by atoms with Crippen LogP contribution in [0, 0.1) is 6.92 Å². The molecule has 2 fully saturated rings. The molecule has 1 aliphatic heterocycles. The van der Waals surface area contributed by atoms with E-state index >= 15 is 0 Å². The molecule has 3 heterocycles. The zero-order valence-electron chi connectivity index (χ0n) is 21.1. The van der Waals surface area contributed by atoms with Crippen LogP contribution in [0.5, 0.6) is 0 Å². The Morgan fingerprint density at radius 3 is 2.80 bits per heavy atom. The molecule has 2 aromatic heterocycles. The van der Waals surface area contributed by atoms with Crippen molar-refractivity contribution < 1.29 is 4.74 Å². The summed E-state index contributed by atoms with van der Waals surface area (Å²) < 4.78 is 8.14. The van der Waals surface area contributed by atoms with E-state index in [4.69, 9.17) is 4.74 Å². The highest BCUT2D eigenvalue weighted by Gasteiger charge is 2.32. The normalized spacial score (nSPS) is 20.1. The van der Waals surface area contributed by atoms with Crippen LogP contribution in [0.3, 0.4) is 0 Å². The van der Waals surface area contributed by atoms with E-state index in [-0.39, 0.29) is 17.7 Å². The Hall–Kier alpha value is -2.58. The minimum atomic E-state index is -0.0270. The van der Waals surface area contributed by atoms with Gasteiger partial charge in [0.25, 0.3) is 5.56 Å². The number of nitrogens with one attached hydrogen (secondary N) is 1. The number of hydrogen-bond acceptors (Lipinski definition) is 6. The van der Waals surface area contributed by atoms with Gasteiger partial charge in [0.15, 0.2) is 5.82 Å². The largest absolute Gasteiger partial charge is 0.377 e. The van der Waals surface area contributed by atoms with Gasteiger partial charge in [0, 0.05) is 30.8 Å². The minimum absolute atomic E-state index is 0.0270. The molecule has 2 aliphatic rings. The van der Waals surface area contributed by atoms with Crippen molar-refractivity contribution in [1.82, 2.24) is 30.1 Å². The number of hydrogen-bond donors (Lipinski definition) is 1. The molecule has 0 radical (unpaired) electrons. The van der Waals surface area contributed by atoms with Crippen LogP contribution in [0.25, 0.3) is 10.9 Å². The van der Waals surface area contributed by atoms with E-state index in [2.05, 4.69) is 56.1 Å². The summed E-state index contributed by atoms with van der Waals surface area (Å²) >= 11 is 0. The summed E-state index contributed by atoms with van der Waals surface area (Å²) in [5.74, 6) is 0.935. The first kappa shape index (κ1) is 24.1. The standard InChI is InChI=1S/C27H38N6O2/c1-3-8-25(26-29-30-31-33(26)22-9-5-4-6-10-22)32(18-23-11-7-14-35-23)17-21-16-20-15-19(2)12-13-24(20)28-27(21)34/h12-13,15-16,22-23,25H,3-11,14,17-18H2,1-2H3,(H,28,34). The summed E-state index contributed by atoms with van der Waals surface area (Å²) in [7, 11) is 0. The molecule has 188 valence electrons. The average Bonchev–Trinajstić information content (AvgIpc) is 3.56. The zero-order chi connectivity index (χ0) is 24.2. The Morgan fingerprint density at radius 2 is 2.03 bits per heavy atom. The summed E-state index contributed by atoms with van der Waals surface area (Å²) in [6, 6.07) is 8.60. The summed E-state index contributed by atoms with van der Waals surface area (Å²) in [6.45, 7) is 6.41. The second kappa shape index (κ2) is 11.0. The first-order valence-electron chi connectivity index (χ1n) is 13.4. The highest BCUT2D eigenvalue weighted by Crippen LogP contribution is 2.33. The molecule has 8 nitrogen and oxygen atoms in total. The van der Waals surface area contributed by atoms with E-state index < -0.39 is 0 Å². The molecule has 2 unspecified atom stereocenters. The van der Waals surface area contributed by atoms with Crippen LogP contribution < -0.4 is 5.56 Å². The lowest BCUT2D eigenvalue weighted by Gasteiger charge is -2.33. The van der Waals surface area contributed by atoms with E-state index in [0.717, 1.165) is 74.0 Å². The van der Waals surface area contributed by atoms with Crippen molar-refractivity contribution in [3.63, 3.8) is 0 Å². The minimum Gasteiger partial charge on any atom is -0.377 e. The van der Waals surface area contributed by atoms with Crippen molar-refractivity contribution in [2.45, 2.75) is 96.4 Å². The van der Waals surface area contributed by atoms with Crippen molar-refractivity contribution in [2.24, 2.45) is 0 Å². The van der Waals surface area contributed by atoms with Gasteiger partial charge in [-0.1, -0.05) is 44.2 Å². The van der Waals surface area contributed by atoms with Gasteiger partial charge in [0.1, 0.15) is 0 Å². The maximum atomic E-state index is 13.1. The Bertz CT molecular complexity index is 1180. The van der Waals surface area contributed by atoms with Crippen molar-refractivity contribution in [1.29, 1.82) is 0 Å². The van der Waals surface area contributed by atoms with Crippen LogP contribution in [-0.4, -0.2) is 49.3 Å². The SMILES string of the molecule is CCCC(c1nnnn1C1CCCCC1)N(Cc1cc2cc(C)ccc2[nH]c1=O)CC1CCCO1. The van der Waals surface area contributed by atoms with Crippen LogP contribution in [0.15, 0.2) is 29.1 Å². The highest BCUT2D eigenvalue weighted by atomic mass is 16.5. The number of tetrazole rings is 1. The molecular weight excluding hydrogens is 440 g/mol. The number of aryl methyl sites for hydroxylation is 1. The number of benzene rings is 1. The molecule has 35 heavy (non-hydrogen) atoms. The third-order valence-electron chi connectivity index (χ3n) is 7.65. The Balaban J connectivity index is 1.50. The van der Waals surface area contributed by atoms with Crippen LogP contribution in [0.1, 0.15) is 93.7 Å². The Morgan fingerprint density at radius 1 is 1.17 bits per heavy atom. The van der Waals surface area contributed by atoms with Gasteiger partial charge < -0.3 is 9.72 Å². The van der Waals surface area contributed by atoms with E-state index in [0.29, 0.717) is 12.6 Å². The maximum absolute atomic E-state index is 13.1. The Kier molecular flexibility index (Phi) is 7.58. The number of ether oxygens (including phenoxy) is 1. The second-order valence-electron chi connectivity index (χ2n) is 10.4. The van der Waals surface area contributed by atoms with Crippen LogP contribution >= 0.6 is 0 Å². The van der Waals surface area contributed by atoms with Crippen LogP contribution in [0.2, 0.25) is 0 Å². The van der Waals surface area contributed by atoms with Crippen LogP contribution in [-0.2, 0) is 11.3 Å². The fourth-order valence-electron chi connectivity index (χ4n) is 5.81. The zero-order valence-corrected chi connectivity index (χ0v) is 21.1. The number of aromatic nitrogens is 5. The highest BCUT2D eigenvalue weighted by molar-refractivity contribution is 5.79. The molecule has 8 heteroatoms. The summed E-state index contributed by atoms with van der Waals surface area (Å²) in [4.78, 5) is 18.6. The van der Waals surface area contributed by atoms with Gasteiger partial charge in [-0.25, -0.2) is 4.68 Å². The van der Waals surface area contributed by atoms with Crippen molar-refractivity contribution in [3.05, 3.63) is 51.6 Å². The molecule has 5 rings (SSSR count). The lowest BCUT2D eigenvalue weighted by atomic mass is 9.95. The number of nitrogens with zero attached hydrogens (tertiary/aromatic N) is 5. The van der Waals surface area contributed by atoms with E-state index in [1.54, 1.807) is 0 Å². The van der Waals surface area contributed by atoms with Gasteiger partial charge >= 0.3 is 0 Å². The fraction of sp³-hybridized carbons (Fsp3) is 0.630. The predicted octanol–water partition coefficient (Wildman–Crippen LogP) is 4.85. The summed E-state index contributed by atoms with van der Waals surface area (Å²) in [5.41, 5.74) is 2.81. The number of H-pyrrole nitrogens is 1. The fourth-order valence-corrected chi connectivity index (χ4v) is 5.81. The lowest BCUT2D eigenvalue weighted by molar-refractivity contribution is 0.0468. The molecule has 3 aromatic rings. The maximum Gasteiger partial charge on any atom is 0.252 e. The molecule has 1 aliphatic carbocycles. The number of rotatable bonds is 9. The van der Waals surface area contributed by atoms with Crippen molar-refractivity contribution in [2.75, 3.05) is 13.2 Å². The quantitative estimate of drug-likeness (QED) is 0.473. The van der Waals surface area contributed by atoms with Crippen LogP contribution in [0.4, 0.5) is 0 Å². The van der Waals surface area contributed by atoms with E-state index in [9.17, 15) is 4.79 Å². The monoisotopic (exact) mass is 478 g/mol. The van der Waals surface area contributed by atoms with Gasteiger partial charge in [-0.3, -0.25) is 9.69 Å². The van der Waals surface area contributed by atoms with Gasteiger partial charge in [-0.05, 0) is 73.0 Å². The third-order valence-corrected chi connectivity index (χ3v) is 7.65. The lowest BCUT2D eigenvalue weighted by Crippen LogP contribution is -2.38. The number of aromatic amines is 1. The predicted molar refractivity (Wildman–Crippen MR) is 136 cm³/mol. The van der Waals surface area contributed by atoms with Crippen molar-refractivity contribution >= 4 is 10.9 Å². The second-order valence-corrected chi connectivity index (χ2v) is 10.4. The molecule has 1 saturated heterocycles. The summed E-state index contributed by atoms with van der Waals surface area (Å²) in [5, 5.41) is 14.2. The van der Waals surface area contributed by atoms with E-state index in [1.807, 2.05) is 12.1 Å². The molecular formula is C27H38N6O2. The molecule has 1 aromatic carbocycles. The van der Waals surface area contributed by atoms with Gasteiger partial charge in [-0.15, -0.1) is 5.10 Å². The smallest absolute Gasteiger partial charge is 0.252 e. The average molecular weight is 479 g/mol. The molecule has 0 amide bonds. The van der Waals surface area contributed by atoms with E-state index in [1.165, 1.54) is 24.8 Å². The Labute approximate surface area is 207 Å². The molecule has 0 spiro atoms. The third kappa shape index (κ3) is 5.48.